The van der Waals surface area contributed by atoms with Gasteiger partial charge >= 0.3 is 6.36 Å². The molecule has 0 aliphatic rings. The summed E-state index contributed by atoms with van der Waals surface area (Å²) in [5, 5.41) is 2.51. The molecular formula is C12H10F3N3O2. The minimum atomic E-state index is -4.74. The van der Waals surface area contributed by atoms with Crippen LogP contribution >= 0.6 is 0 Å². The Bertz CT molecular complexity index is 605. The molecule has 0 aliphatic heterocycles. The van der Waals surface area contributed by atoms with Gasteiger partial charge in [-0.05, 0) is 31.2 Å². The van der Waals surface area contributed by atoms with E-state index in [-0.39, 0.29) is 11.4 Å². The molecule has 1 aromatic heterocycles. The van der Waals surface area contributed by atoms with Gasteiger partial charge in [-0.15, -0.1) is 13.2 Å². The van der Waals surface area contributed by atoms with Crippen LogP contribution in [0.2, 0.25) is 0 Å². The molecule has 0 fully saturated rings. The molecule has 0 unspecified atom stereocenters. The van der Waals surface area contributed by atoms with Crippen LogP contribution in [0.25, 0.3) is 0 Å². The molecule has 0 bridgehead atoms. The largest absolute Gasteiger partial charge is 0.573 e. The van der Waals surface area contributed by atoms with Gasteiger partial charge in [0, 0.05) is 5.69 Å². The topological polar surface area (TPSA) is 67.0 Å². The average Bonchev–Trinajstić information content (AvgIpc) is 2.77. The Kier molecular flexibility index (Phi) is 3.64. The third-order valence-corrected chi connectivity index (χ3v) is 2.29. The standard InChI is InChI=1S/C12H10F3N3O2/c1-7-16-6-10(17-7)11(19)18-8-2-4-9(5-3-8)20-12(13,14)15/h2-6H,1H3,(H,16,17)(H,18,19). The molecule has 0 saturated carbocycles. The number of rotatable bonds is 3. The number of aryl methyl sites for hydroxylation is 1. The van der Waals surface area contributed by atoms with Gasteiger partial charge < -0.3 is 15.0 Å². The summed E-state index contributed by atoms with van der Waals surface area (Å²) in [5.74, 6) is -0.202. The Morgan fingerprint density at radius 1 is 1.30 bits per heavy atom. The number of aromatic nitrogens is 2. The third-order valence-electron chi connectivity index (χ3n) is 2.29. The smallest absolute Gasteiger partial charge is 0.406 e. The van der Waals surface area contributed by atoms with E-state index in [2.05, 4.69) is 20.0 Å². The van der Waals surface area contributed by atoms with E-state index in [4.69, 9.17) is 0 Å². The molecule has 2 aromatic rings. The van der Waals surface area contributed by atoms with Crippen molar-refractivity contribution in [3.8, 4) is 5.75 Å². The number of alkyl halides is 3. The number of amides is 1. The molecule has 2 rings (SSSR count). The minimum Gasteiger partial charge on any atom is -0.406 e. The highest BCUT2D eigenvalue weighted by atomic mass is 19.4. The summed E-state index contributed by atoms with van der Waals surface area (Å²) >= 11 is 0. The zero-order chi connectivity index (χ0) is 14.8. The van der Waals surface area contributed by atoms with Gasteiger partial charge in [0.1, 0.15) is 17.3 Å². The number of nitrogens with zero attached hydrogens (tertiary/aromatic N) is 1. The monoisotopic (exact) mass is 285 g/mol. The number of anilines is 1. The molecule has 0 spiro atoms. The van der Waals surface area contributed by atoms with Crippen LogP contribution < -0.4 is 10.1 Å². The van der Waals surface area contributed by atoms with Crippen LogP contribution in [-0.2, 0) is 0 Å². The van der Waals surface area contributed by atoms with Gasteiger partial charge in [0.05, 0.1) is 6.20 Å². The zero-order valence-corrected chi connectivity index (χ0v) is 10.3. The van der Waals surface area contributed by atoms with Crippen LogP contribution in [0.15, 0.2) is 30.5 Å². The number of hydrogen-bond acceptors (Lipinski definition) is 3. The van der Waals surface area contributed by atoms with Crippen molar-refractivity contribution in [1.82, 2.24) is 9.97 Å². The van der Waals surface area contributed by atoms with Gasteiger partial charge in [0.25, 0.3) is 5.91 Å². The summed E-state index contributed by atoms with van der Waals surface area (Å²) in [6.07, 6.45) is -3.37. The number of carbonyl (C=O) groups is 1. The minimum absolute atomic E-state index is 0.262. The van der Waals surface area contributed by atoms with Crippen LogP contribution in [0.4, 0.5) is 18.9 Å². The van der Waals surface area contributed by atoms with Crippen LogP contribution in [0.5, 0.6) is 5.75 Å². The number of hydrogen-bond donors (Lipinski definition) is 2. The molecule has 2 N–H and O–H groups in total. The molecule has 8 heteroatoms. The van der Waals surface area contributed by atoms with Crippen LogP contribution in [0.1, 0.15) is 16.3 Å². The van der Waals surface area contributed by atoms with E-state index in [0.717, 1.165) is 12.1 Å². The fourth-order valence-electron chi connectivity index (χ4n) is 1.47. The lowest BCUT2D eigenvalue weighted by Crippen LogP contribution is -2.17. The van der Waals surface area contributed by atoms with Crippen molar-refractivity contribution in [3.63, 3.8) is 0 Å². The molecule has 1 heterocycles. The van der Waals surface area contributed by atoms with Crippen molar-refractivity contribution in [2.24, 2.45) is 0 Å². The summed E-state index contributed by atoms with van der Waals surface area (Å²) in [4.78, 5) is 18.4. The first-order valence-electron chi connectivity index (χ1n) is 5.52. The maximum atomic E-state index is 12.0. The fraction of sp³-hybridized carbons (Fsp3) is 0.167. The van der Waals surface area contributed by atoms with E-state index in [9.17, 15) is 18.0 Å². The number of aromatic amines is 1. The van der Waals surface area contributed by atoms with Crippen molar-refractivity contribution in [1.29, 1.82) is 0 Å². The van der Waals surface area contributed by atoms with E-state index >= 15 is 0 Å². The Labute approximate surface area is 111 Å². The summed E-state index contributed by atoms with van der Waals surface area (Å²) in [5.41, 5.74) is 0.606. The third kappa shape index (κ3) is 3.74. The van der Waals surface area contributed by atoms with Gasteiger partial charge in [0.15, 0.2) is 0 Å². The molecule has 5 nitrogen and oxygen atoms in total. The first-order chi connectivity index (χ1) is 9.33. The molecule has 106 valence electrons. The second kappa shape index (κ2) is 5.24. The molecule has 20 heavy (non-hydrogen) atoms. The van der Waals surface area contributed by atoms with Gasteiger partial charge in [-0.1, -0.05) is 0 Å². The van der Waals surface area contributed by atoms with E-state index in [1.54, 1.807) is 6.92 Å². The van der Waals surface area contributed by atoms with E-state index < -0.39 is 12.3 Å². The maximum absolute atomic E-state index is 12.0. The molecule has 1 aromatic carbocycles. The van der Waals surface area contributed by atoms with Crippen LogP contribution in [-0.4, -0.2) is 22.2 Å². The quantitative estimate of drug-likeness (QED) is 0.911. The fourth-order valence-corrected chi connectivity index (χ4v) is 1.47. The molecular weight excluding hydrogens is 275 g/mol. The first-order valence-corrected chi connectivity index (χ1v) is 5.52. The summed E-state index contributed by atoms with van der Waals surface area (Å²) in [6, 6.07) is 4.84. The Balaban J connectivity index is 2.02. The second-order valence-electron chi connectivity index (χ2n) is 3.91. The van der Waals surface area contributed by atoms with Gasteiger partial charge in [-0.25, -0.2) is 4.98 Å². The number of H-pyrrole nitrogens is 1. The molecule has 0 atom stereocenters. The Morgan fingerprint density at radius 3 is 2.45 bits per heavy atom. The lowest BCUT2D eigenvalue weighted by Gasteiger charge is -2.09. The van der Waals surface area contributed by atoms with E-state index in [1.807, 2.05) is 0 Å². The SMILES string of the molecule is Cc1ncc(C(=O)Nc2ccc(OC(F)(F)F)cc2)[nH]1. The highest BCUT2D eigenvalue weighted by Gasteiger charge is 2.30. The van der Waals surface area contributed by atoms with Crippen molar-refractivity contribution in [2.45, 2.75) is 13.3 Å². The highest BCUT2D eigenvalue weighted by Crippen LogP contribution is 2.24. The van der Waals surface area contributed by atoms with Crippen molar-refractivity contribution in [3.05, 3.63) is 42.0 Å². The first kappa shape index (κ1) is 13.9. The van der Waals surface area contributed by atoms with E-state index in [1.165, 1.54) is 18.3 Å². The van der Waals surface area contributed by atoms with Gasteiger partial charge in [-0.3, -0.25) is 4.79 Å². The lowest BCUT2D eigenvalue weighted by atomic mass is 10.3. The predicted octanol–water partition coefficient (Wildman–Crippen LogP) is 2.87. The van der Waals surface area contributed by atoms with Crippen molar-refractivity contribution in [2.75, 3.05) is 5.32 Å². The zero-order valence-electron chi connectivity index (χ0n) is 10.3. The summed E-state index contributed by atoms with van der Waals surface area (Å²) in [6.45, 7) is 1.69. The number of ether oxygens (including phenoxy) is 1. The maximum Gasteiger partial charge on any atom is 0.573 e. The molecule has 0 saturated heterocycles. The van der Waals surface area contributed by atoms with Gasteiger partial charge in [-0.2, -0.15) is 0 Å². The molecule has 0 radical (unpaired) electrons. The number of halogens is 3. The Hall–Kier alpha value is -2.51. The van der Waals surface area contributed by atoms with Crippen molar-refractivity contribution >= 4 is 11.6 Å². The predicted molar refractivity (Wildman–Crippen MR) is 64.4 cm³/mol. The van der Waals surface area contributed by atoms with Crippen LogP contribution in [0, 0.1) is 6.92 Å². The Morgan fingerprint density at radius 2 is 1.95 bits per heavy atom. The number of nitrogens with one attached hydrogen (secondary N) is 2. The van der Waals surface area contributed by atoms with E-state index in [0.29, 0.717) is 11.5 Å². The number of benzene rings is 1. The second-order valence-corrected chi connectivity index (χ2v) is 3.91. The normalized spacial score (nSPS) is 11.2. The molecule has 1 amide bonds. The summed E-state index contributed by atoms with van der Waals surface area (Å²) < 4.78 is 39.6. The lowest BCUT2D eigenvalue weighted by molar-refractivity contribution is -0.274. The number of carbonyl (C=O) groups excluding carboxylic acids is 1. The van der Waals surface area contributed by atoms with Crippen LogP contribution in [0.3, 0.4) is 0 Å². The summed E-state index contributed by atoms with van der Waals surface area (Å²) in [7, 11) is 0. The molecule has 0 aliphatic carbocycles. The highest BCUT2D eigenvalue weighted by molar-refractivity contribution is 6.02. The van der Waals surface area contributed by atoms with Crippen molar-refractivity contribution < 1.29 is 22.7 Å². The average molecular weight is 285 g/mol. The van der Waals surface area contributed by atoms with Gasteiger partial charge in [0.2, 0.25) is 0 Å². The number of imidazole rings is 1.